The Bertz CT molecular complexity index is 757. The van der Waals surface area contributed by atoms with E-state index >= 15 is 0 Å². The third-order valence-corrected chi connectivity index (χ3v) is 4.78. The minimum Gasteiger partial charge on any atom is -0.338 e. The van der Waals surface area contributed by atoms with Gasteiger partial charge in [0.05, 0.1) is 5.56 Å². The number of rotatable bonds is 4. The monoisotopic (exact) mass is 322 g/mol. The highest BCUT2D eigenvalue weighted by Crippen LogP contribution is 2.30. The Morgan fingerprint density at radius 2 is 1.67 bits per heavy atom. The lowest BCUT2D eigenvalue weighted by Crippen LogP contribution is -2.35. The molecule has 2 aromatic rings. The highest BCUT2D eigenvalue weighted by atomic mass is 16.2. The zero-order valence-electron chi connectivity index (χ0n) is 13.9. The molecule has 24 heavy (non-hydrogen) atoms. The van der Waals surface area contributed by atoms with Crippen LogP contribution in [0.25, 0.3) is 0 Å². The summed E-state index contributed by atoms with van der Waals surface area (Å²) in [5, 5.41) is 0. The van der Waals surface area contributed by atoms with Gasteiger partial charge >= 0.3 is 0 Å². The average molecular weight is 322 g/mol. The molecule has 1 fully saturated rings. The maximum absolute atomic E-state index is 12.9. The second-order valence-corrected chi connectivity index (χ2v) is 6.73. The number of likely N-dealkylation sites (tertiary alicyclic amines) is 1. The SMILES string of the molecule is CC1(CN)CCN(C(=O)c2ccccc2C(=O)c2ccccc2)C1. The molecule has 0 bridgehead atoms. The number of nitrogens with zero attached hydrogens (tertiary/aromatic N) is 1. The number of hydrogen-bond acceptors (Lipinski definition) is 3. The third-order valence-electron chi connectivity index (χ3n) is 4.78. The molecule has 2 aromatic carbocycles. The standard InChI is InChI=1S/C20H22N2O2/c1-20(13-21)11-12-22(14-20)19(24)17-10-6-5-9-16(17)18(23)15-7-3-2-4-8-15/h2-10H,11-14,21H2,1H3. The fraction of sp³-hybridized carbons (Fsp3) is 0.300. The minimum atomic E-state index is -0.125. The molecule has 2 N–H and O–H groups in total. The molecule has 124 valence electrons. The van der Waals surface area contributed by atoms with E-state index in [9.17, 15) is 9.59 Å². The van der Waals surface area contributed by atoms with Gasteiger partial charge in [-0.05, 0) is 24.4 Å². The lowest BCUT2D eigenvalue weighted by Gasteiger charge is -2.23. The highest BCUT2D eigenvalue weighted by molar-refractivity contribution is 6.15. The van der Waals surface area contributed by atoms with Crippen LogP contribution in [0.4, 0.5) is 0 Å². The molecular weight excluding hydrogens is 300 g/mol. The number of nitrogens with two attached hydrogens (primary N) is 1. The summed E-state index contributed by atoms with van der Waals surface area (Å²) < 4.78 is 0. The van der Waals surface area contributed by atoms with Gasteiger partial charge in [-0.25, -0.2) is 0 Å². The third kappa shape index (κ3) is 3.10. The summed E-state index contributed by atoms with van der Waals surface area (Å²) in [5.74, 6) is -0.215. The van der Waals surface area contributed by atoms with E-state index in [-0.39, 0.29) is 17.1 Å². The first kappa shape index (κ1) is 16.4. The highest BCUT2D eigenvalue weighted by Gasteiger charge is 2.36. The number of hydrogen-bond donors (Lipinski definition) is 1. The molecule has 4 heteroatoms. The molecule has 1 amide bonds. The zero-order valence-corrected chi connectivity index (χ0v) is 13.9. The van der Waals surface area contributed by atoms with E-state index in [4.69, 9.17) is 5.73 Å². The van der Waals surface area contributed by atoms with Gasteiger partial charge < -0.3 is 10.6 Å². The Balaban J connectivity index is 1.90. The number of amides is 1. The Hall–Kier alpha value is -2.46. The quantitative estimate of drug-likeness (QED) is 0.880. The van der Waals surface area contributed by atoms with Gasteiger partial charge in [0.15, 0.2) is 5.78 Å². The zero-order chi connectivity index (χ0) is 17.2. The Morgan fingerprint density at radius 1 is 1.04 bits per heavy atom. The van der Waals surface area contributed by atoms with Crippen molar-refractivity contribution in [1.29, 1.82) is 0 Å². The van der Waals surface area contributed by atoms with Gasteiger partial charge in [-0.1, -0.05) is 55.5 Å². The molecule has 0 saturated carbocycles. The van der Waals surface area contributed by atoms with Crippen LogP contribution in [0.2, 0.25) is 0 Å². The molecule has 1 atom stereocenters. The number of carbonyl (C=O) groups is 2. The maximum atomic E-state index is 12.9. The summed E-state index contributed by atoms with van der Waals surface area (Å²) in [7, 11) is 0. The number of benzene rings is 2. The van der Waals surface area contributed by atoms with Gasteiger partial charge in [0, 0.05) is 24.2 Å². The van der Waals surface area contributed by atoms with Crippen LogP contribution in [-0.4, -0.2) is 36.2 Å². The first-order chi connectivity index (χ1) is 11.5. The van der Waals surface area contributed by atoms with E-state index in [1.807, 2.05) is 23.1 Å². The van der Waals surface area contributed by atoms with Crippen LogP contribution in [0.5, 0.6) is 0 Å². The fourth-order valence-corrected chi connectivity index (χ4v) is 3.15. The van der Waals surface area contributed by atoms with E-state index in [0.29, 0.717) is 36.3 Å². The first-order valence-electron chi connectivity index (χ1n) is 8.22. The van der Waals surface area contributed by atoms with Crippen molar-refractivity contribution >= 4 is 11.7 Å². The second kappa shape index (κ2) is 6.57. The molecule has 1 unspecified atom stereocenters. The van der Waals surface area contributed by atoms with Crippen LogP contribution in [0.3, 0.4) is 0 Å². The van der Waals surface area contributed by atoms with Gasteiger partial charge in [0.25, 0.3) is 5.91 Å². The van der Waals surface area contributed by atoms with Gasteiger partial charge in [-0.2, -0.15) is 0 Å². The Kier molecular flexibility index (Phi) is 4.49. The van der Waals surface area contributed by atoms with Gasteiger partial charge in [0.2, 0.25) is 0 Å². The van der Waals surface area contributed by atoms with Crippen molar-refractivity contribution in [3.63, 3.8) is 0 Å². The molecule has 1 aliphatic heterocycles. The normalized spacial score (nSPS) is 20.2. The van der Waals surface area contributed by atoms with Crippen LogP contribution in [0, 0.1) is 5.41 Å². The van der Waals surface area contributed by atoms with Gasteiger partial charge in [0.1, 0.15) is 0 Å². The molecule has 4 nitrogen and oxygen atoms in total. The number of ketones is 1. The summed E-state index contributed by atoms with van der Waals surface area (Å²) >= 11 is 0. The molecule has 1 saturated heterocycles. The smallest absolute Gasteiger partial charge is 0.254 e. The van der Waals surface area contributed by atoms with Crippen molar-refractivity contribution in [2.45, 2.75) is 13.3 Å². The van der Waals surface area contributed by atoms with E-state index < -0.39 is 0 Å². The molecule has 0 radical (unpaired) electrons. The number of carbonyl (C=O) groups excluding carboxylic acids is 2. The second-order valence-electron chi connectivity index (χ2n) is 6.73. The van der Waals surface area contributed by atoms with E-state index in [2.05, 4.69) is 6.92 Å². The Morgan fingerprint density at radius 3 is 2.29 bits per heavy atom. The van der Waals surface area contributed by atoms with E-state index in [1.165, 1.54) is 0 Å². The summed E-state index contributed by atoms with van der Waals surface area (Å²) in [6.07, 6.45) is 0.893. The summed E-state index contributed by atoms with van der Waals surface area (Å²) in [4.78, 5) is 27.5. The molecule has 1 aliphatic rings. The van der Waals surface area contributed by atoms with E-state index in [0.717, 1.165) is 6.42 Å². The van der Waals surface area contributed by atoms with Crippen molar-refractivity contribution in [3.8, 4) is 0 Å². The van der Waals surface area contributed by atoms with Crippen LogP contribution < -0.4 is 5.73 Å². The molecule has 0 spiro atoms. The lowest BCUT2D eigenvalue weighted by molar-refractivity contribution is 0.0772. The molecule has 1 heterocycles. The van der Waals surface area contributed by atoms with Crippen LogP contribution in [-0.2, 0) is 0 Å². The van der Waals surface area contributed by atoms with Crippen molar-refractivity contribution in [1.82, 2.24) is 4.90 Å². The average Bonchev–Trinajstić information content (AvgIpc) is 3.04. The summed E-state index contributed by atoms with van der Waals surface area (Å²) in [5.41, 5.74) is 7.31. The molecule has 3 rings (SSSR count). The van der Waals surface area contributed by atoms with Crippen molar-refractivity contribution in [3.05, 3.63) is 71.3 Å². The molecule has 0 aromatic heterocycles. The lowest BCUT2D eigenvalue weighted by atomic mass is 9.90. The largest absolute Gasteiger partial charge is 0.338 e. The van der Waals surface area contributed by atoms with Crippen molar-refractivity contribution < 1.29 is 9.59 Å². The van der Waals surface area contributed by atoms with Crippen LogP contribution in [0.15, 0.2) is 54.6 Å². The van der Waals surface area contributed by atoms with Crippen molar-refractivity contribution in [2.75, 3.05) is 19.6 Å². The fourth-order valence-electron chi connectivity index (χ4n) is 3.15. The molecular formula is C20H22N2O2. The predicted molar refractivity (Wildman–Crippen MR) is 94.0 cm³/mol. The predicted octanol–water partition coefficient (Wildman–Crippen LogP) is 2.73. The van der Waals surface area contributed by atoms with Crippen LogP contribution >= 0.6 is 0 Å². The van der Waals surface area contributed by atoms with Crippen LogP contribution in [0.1, 0.15) is 39.6 Å². The minimum absolute atomic E-state index is 0.0337. The maximum Gasteiger partial charge on any atom is 0.254 e. The topological polar surface area (TPSA) is 63.4 Å². The van der Waals surface area contributed by atoms with E-state index in [1.54, 1.807) is 36.4 Å². The van der Waals surface area contributed by atoms with Gasteiger partial charge in [-0.15, -0.1) is 0 Å². The summed E-state index contributed by atoms with van der Waals surface area (Å²) in [6.45, 7) is 3.97. The first-order valence-corrected chi connectivity index (χ1v) is 8.22. The van der Waals surface area contributed by atoms with Crippen molar-refractivity contribution in [2.24, 2.45) is 11.1 Å². The summed E-state index contributed by atoms with van der Waals surface area (Å²) in [6, 6.07) is 16.1. The van der Waals surface area contributed by atoms with Gasteiger partial charge in [-0.3, -0.25) is 9.59 Å². The molecule has 0 aliphatic carbocycles. The Labute approximate surface area is 142 Å².